The molecule has 0 radical (unpaired) electrons. The van der Waals surface area contributed by atoms with Crippen molar-refractivity contribution in [2.24, 2.45) is 0 Å². The summed E-state index contributed by atoms with van der Waals surface area (Å²) in [5, 5.41) is 11.9. The Kier molecular flexibility index (Phi) is 9.12. The number of likely N-dealkylation sites (N-methyl/N-ethyl adjacent to an activating group) is 1. The van der Waals surface area contributed by atoms with E-state index in [2.05, 4.69) is 45.2 Å². The van der Waals surface area contributed by atoms with E-state index in [1.807, 2.05) is 68.7 Å². The second-order valence-electron chi connectivity index (χ2n) is 11.1. The maximum Gasteiger partial charge on any atom is 0.237 e. The van der Waals surface area contributed by atoms with Crippen molar-refractivity contribution >= 4 is 34.8 Å². The normalized spacial score (nSPS) is 18.7. The standard InChI is InChI=1S/C33H38Cl2N4O2/c1-36(2)32(41)33(25-10-5-3-6-11-25,26-12-7-4-8-13-26)16-17-39-24-28(40)22-27(39)23-37-18-20-38(21-19-37)30-15-9-14-29(34)31(30)35/h3-15,23,28,40H,16-22,24H2,1-2H3/b27-23+/t28-/m1/s1. The topological polar surface area (TPSA) is 50.3 Å². The number of rotatable bonds is 8. The number of carbonyl (C=O) groups excluding carboxylic acids is 1. The van der Waals surface area contributed by atoms with E-state index in [1.54, 1.807) is 4.90 Å². The van der Waals surface area contributed by atoms with Crippen molar-refractivity contribution in [3.05, 3.63) is 112 Å². The lowest BCUT2D eigenvalue weighted by molar-refractivity contribution is -0.133. The molecule has 2 aliphatic rings. The van der Waals surface area contributed by atoms with Crippen LogP contribution in [0.1, 0.15) is 24.0 Å². The van der Waals surface area contributed by atoms with Crippen LogP contribution in [0.2, 0.25) is 10.0 Å². The van der Waals surface area contributed by atoms with Gasteiger partial charge in [0, 0.05) is 71.7 Å². The van der Waals surface area contributed by atoms with E-state index in [0.717, 1.165) is 48.7 Å². The van der Waals surface area contributed by atoms with Gasteiger partial charge in [0.05, 0.1) is 21.8 Å². The monoisotopic (exact) mass is 592 g/mol. The lowest BCUT2D eigenvalue weighted by Crippen LogP contribution is -2.47. The highest BCUT2D eigenvalue weighted by atomic mass is 35.5. The van der Waals surface area contributed by atoms with E-state index in [1.165, 1.54) is 0 Å². The Morgan fingerprint density at radius 1 is 0.927 bits per heavy atom. The summed E-state index contributed by atoms with van der Waals surface area (Å²) < 4.78 is 0. The average Bonchev–Trinajstić information content (AvgIpc) is 3.34. The lowest BCUT2D eigenvalue weighted by atomic mass is 9.70. The minimum atomic E-state index is -0.841. The number of nitrogens with zero attached hydrogens (tertiary/aromatic N) is 4. The SMILES string of the molecule is CN(C)C(=O)C(CCN1C[C@H](O)C/C1=C\N1CCN(c2cccc(Cl)c2Cl)CC1)(c1ccccc1)c1ccccc1. The van der Waals surface area contributed by atoms with E-state index in [9.17, 15) is 9.90 Å². The van der Waals surface area contributed by atoms with Gasteiger partial charge in [0.1, 0.15) is 5.41 Å². The fourth-order valence-corrected chi connectivity index (χ4v) is 6.57. The molecule has 0 aliphatic carbocycles. The van der Waals surface area contributed by atoms with Crippen LogP contribution in [0.15, 0.2) is 90.8 Å². The van der Waals surface area contributed by atoms with Crippen molar-refractivity contribution in [2.75, 3.05) is 58.3 Å². The smallest absolute Gasteiger partial charge is 0.237 e. The van der Waals surface area contributed by atoms with Gasteiger partial charge in [-0.2, -0.15) is 0 Å². The summed E-state index contributed by atoms with van der Waals surface area (Å²) in [5.74, 6) is 0.0518. The zero-order chi connectivity index (χ0) is 29.0. The molecule has 1 amide bonds. The number of hydrogen-bond acceptors (Lipinski definition) is 5. The van der Waals surface area contributed by atoms with Gasteiger partial charge in [-0.1, -0.05) is 89.9 Å². The zero-order valence-electron chi connectivity index (χ0n) is 23.7. The fourth-order valence-electron chi connectivity index (χ4n) is 6.15. The molecule has 2 saturated heterocycles. The quantitative estimate of drug-likeness (QED) is 0.375. The van der Waals surface area contributed by atoms with Gasteiger partial charge in [-0.05, 0) is 29.7 Å². The molecule has 2 heterocycles. The highest BCUT2D eigenvalue weighted by molar-refractivity contribution is 6.43. The highest BCUT2D eigenvalue weighted by Gasteiger charge is 2.43. The summed E-state index contributed by atoms with van der Waals surface area (Å²) in [6.07, 6.45) is 2.96. The van der Waals surface area contributed by atoms with Crippen LogP contribution in [-0.4, -0.2) is 85.2 Å². The summed E-state index contributed by atoms with van der Waals surface area (Å²) in [6, 6.07) is 25.9. The molecule has 0 saturated carbocycles. The van der Waals surface area contributed by atoms with Crippen molar-refractivity contribution in [3.8, 4) is 0 Å². The van der Waals surface area contributed by atoms with Gasteiger partial charge in [-0.25, -0.2) is 0 Å². The largest absolute Gasteiger partial charge is 0.391 e. The minimum absolute atomic E-state index is 0.0518. The minimum Gasteiger partial charge on any atom is -0.391 e. The molecule has 3 aromatic carbocycles. The number of benzene rings is 3. The lowest BCUT2D eigenvalue weighted by Gasteiger charge is -2.38. The number of hydrogen-bond donors (Lipinski definition) is 1. The van der Waals surface area contributed by atoms with Crippen molar-refractivity contribution in [1.82, 2.24) is 14.7 Å². The van der Waals surface area contributed by atoms with Crippen molar-refractivity contribution < 1.29 is 9.90 Å². The number of piperazine rings is 1. The van der Waals surface area contributed by atoms with Crippen molar-refractivity contribution in [1.29, 1.82) is 0 Å². The van der Waals surface area contributed by atoms with Crippen LogP contribution in [0.4, 0.5) is 5.69 Å². The van der Waals surface area contributed by atoms with Crippen LogP contribution in [0.5, 0.6) is 0 Å². The van der Waals surface area contributed by atoms with E-state index in [0.29, 0.717) is 36.0 Å². The molecule has 8 heteroatoms. The molecule has 0 unspecified atom stereocenters. The Hall–Kier alpha value is -3.19. The number of carbonyl (C=O) groups is 1. The molecule has 3 aromatic rings. The Morgan fingerprint density at radius 3 is 2.12 bits per heavy atom. The summed E-state index contributed by atoms with van der Waals surface area (Å²) >= 11 is 12.7. The molecule has 6 nitrogen and oxygen atoms in total. The average molecular weight is 594 g/mol. The third kappa shape index (κ3) is 6.20. The molecular weight excluding hydrogens is 555 g/mol. The van der Waals surface area contributed by atoms with Gasteiger partial charge in [-0.3, -0.25) is 4.79 Å². The zero-order valence-corrected chi connectivity index (χ0v) is 25.2. The number of likely N-dealkylation sites (tertiary alicyclic amines) is 1. The maximum absolute atomic E-state index is 14.0. The Labute approximate surface area is 253 Å². The van der Waals surface area contributed by atoms with Gasteiger partial charge < -0.3 is 24.7 Å². The first kappa shape index (κ1) is 29.3. The molecule has 41 heavy (non-hydrogen) atoms. The van der Waals surface area contributed by atoms with Gasteiger partial charge in [0.15, 0.2) is 0 Å². The van der Waals surface area contributed by atoms with E-state index in [4.69, 9.17) is 23.2 Å². The molecule has 0 aromatic heterocycles. The summed E-state index contributed by atoms with van der Waals surface area (Å²) in [6.45, 7) is 4.54. The Bertz CT molecular complexity index is 1320. The third-order valence-electron chi connectivity index (χ3n) is 8.26. The van der Waals surface area contributed by atoms with Crippen LogP contribution in [0, 0.1) is 0 Å². The van der Waals surface area contributed by atoms with Crippen LogP contribution < -0.4 is 4.90 Å². The van der Waals surface area contributed by atoms with Crippen LogP contribution in [0.25, 0.3) is 0 Å². The molecule has 0 spiro atoms. The van der Waals surface area contributed by atoms with Crippen LogP contribution >= 0.6 is 23.2 Å². The second-order valence-corrected chi connectivity index (χ2v) is 11.9. The van der Waals surface area contributed by atoms with Crippen LogP contribution in [0.3, 0.4) is 0 Å². The molecule has 0 bridgehead atoms. The van der Waals surface area contributed by atoms with Gasteiger partial charge in [-0.15, -0.1) is 0 Å². The summed E-state index contributed by atoms with van der Waals surface area (Å²) in [5.41, 5.74) is 3.19. The highest BCUT2D eigenvalue weighted by Crippen LogP contribution is 2.39. The van der Waals surface area contributed by atoms with Crippen molar-refractivity contribution in [2.45, 2.75) is 24.4 Å². The number of halogens is 2. The predicted octanol–water partition coefficient (Wildman–Crippen LogP) is 5.49. The number of amides is 1. The number of aliphatic hydroxyl groups is 1. The molecule has 2 fully saturated rings. The van der Waals surface area contributed by atoms with E-state index < -0.39 is 11.5 Å². The summed E-state index contributed by atoms with van der Waals surface area (Å²) in [4.78, 5) is 22.6. The van der Waals surface area contributed by atoms with E-state index >= 15 is 0 Å². The van der Waals surface area contributed by atoms with Gasteiger partial charge in [0.2, 0.25) is 5.91 Å². The fraction of sp³-hybridized carbons (Fsp3) is 0.364. The Balaban J connectivity index is 1.36. The molecule has 5 rings (SSSR count). The van der Waals surface area contributed by atoms with Gasteiger partial charge >= 0.3 is 0 Å². The third-order valence-corrected chi connectivity index (χ3v) is 9.07. The van der Waals surface area contributed by atoms with Crippen molar-refractivity contribution in [3.63, 3.8) is 0 Å². The first-order valence-corrected chi connectivity index (χ1v) is 14.9. The van der Waals surface area contributed by atoms with E-state index in [-0.39, 0.29) is 5.91 Å². The van der Waals surface area contributed by atoms with Gasteiger partial charge in [0.25, 0.3) is 0 Å². The molecule has 1 N–H and O–H groups in total. The van der Waals surface area contributed by atoms with Crippen LogP contribution in [-0.2, 0) is 10.2 Å². The maximum atomic E-state index is 14.0. The number of aliphatic hydroxyl groups excluding tert-OH is 1. The Morgan fingerprint density at radius 2 is 1.54 bits per heavy atom. The molecule has 1 atom stereocenters. The molecular formula is C33H38Cl2N4O2. The molecule has 216 valence electrons. The second kappa shape index (κ2) is 12.8. The number of β-amino-alcohol motifs (C(OH)–C–C–N with tert-alkyl or cyclic N) is 1. The number of anilines is 1. The first-order valence-electron chi connectivity index (χ1n) is 14.2. The predicted molar refractivity (Wildman–Crippen MR) is 168 cm³/mol. The molecule has 2 aliphatic heterocycles. The summed E-state index contributed by atoms with van der Waals surface area (Å²) in [7, 11) is 3.65. The first-order chi connectivity index (χ1) is 19.8.